The Hall–Kier alpha value is -2.73. The fourth-order valence-corrected chi connectivity index (χ4v) is 2.76. The van der Waals surface area contributed by atoms with Gasteiger partial charge in [0.1, 0.15) is 17.8 Å². The summed E-state index contributed by atoms with van der Waals surface area (Å²) in [6.07, 6.45) is 1.38. The highest BCUT2D eigenvalue weighted by atomic mass is 79.9. The number of carbonyl (C=O) groups is 1. The third-order valence-corrected chi connectivity index (χ3v) is 4.03. The van der Waals surface area contributed by atoms with Gasteiger partial charge in [-0.15, -0.1) is 0 Å². The lowest BCUT2D eigenvalue weighted by molar-refractivity contribution is 0.0946. The number of benzene rings is 2. The standard InChI is InChI=1S/C19H17BrN4O/c1-13-4-2-5-14(8-13)11-21-19(25)17-10-18(23-12-22-17)24-16-7-3-6-15(20)9-16/h2-10,12H,11H2,1H3,(H,21,25)(H,22,23,24). The molecular weight excluding hydrogens is 380 g/mol. The molecule has 0 atom stereocenters. The van der Waals surface area contributed by atoms with Crippen molar-refractivity contribution >= 4 is 33.3 Å². The molecule has 0 bridgehead atoms. The van der Waals surface area contributed by atoms with Gasteiger partial charge in [-0.2, -0.15) is 0 Å². The molecule has 1 aromatic heterocycles. The normalized spacial score (nSPS) is 10.3. The van der Waals surface area contributed by atoms with Crippen molar-refractivity contribution in [1.29, 1.82) is 0 Å². The van der Waals surface area contributed by atoms with Gasteiger partial charge in [-0.3, -0.25) is 4.79 Å². The number of carbonyl (C=O) groups excluding carboxylic acids is 1. The van der Waals surface area contributed by atoms with Gasteiger partial charge in [0.05, 0.1) is 0 Å². The molecule has 0 aliphatic heterocycles. The lowest BCUT2D eigenvalue weighted by Crippen LogP contribution is -2.24. The molecule has 3 aromatic rings. The first kappa shape index (κ1) is 17.1. The molecule has 6 heteroatoms. The summed E-state index contributed by atoms with van der Waals surface area (Å²) in [7, 11) is 0. The Bertz CT molecular complexity index is 898. The second-order valence-electron chi connectivity index (χ2n) is 5.60. The lowest BCUT2D eigenvalue weighted by Gasteiger charge is -2.08. The number of rotatable bonds is 5. The largest absolute Gasteiger partial charge is 0.347 e. The maximum atomic E-state index is 12.3. The Balaban J connectivity index is 1.67. The average Bonchev–Trinajstić information content (AvgIpc) is 2.60. The molecule has 2 aromatic carbocycles. The summed E-state index contributed by atoms with van der Waals surface area (Å²) in [4.78, 5) is 20.5. The van der Waals surface area contributed by atoms with Crippen LogP contribution in [0.5, 0.6) is 0 Å². The van der Waals surface area contributed by atoms with Crippen LogP contribution in [0.2, 0.25) is 0 Å². The highest BCUT2D eigenvalue weighted by molar-refractivity contribution is 9.10. The first-order valence-corrected chi connectivity index (χ1v) is 8.58. The highest BCUT2D eigenvalue weighted by Crippen LogP contribution is 2.19. The fourth-order valence-electron chi connectivity index (χ4n) is 2.36. The quantitative estimate of drug-likeness (QED) is 0.677. The molecule has 0 fully saturated rings. The van der Waals surface area contributed by atoms with E-state index < -0.39 is 0 Å². The van der Waals surface area contributed by atoms with Crippen molar-refractivity contribution in [3.8, 4) is 0 Å². The molecule has 0 spiro atoms. The first-order valence-electron chi connectivity index (χ1n) is 7.78. The molecule has 0 radical (unpaired) electrons. The summed E-state index contributed by atoms with van der Waals surface area (Å²) in [6.45, 7) is 2.48. The second-order valence-corrected chi connectivity index (χ2v) is 6.51. The van der Waals surface area contributed by atoms with Crippen molar-refractivity contribution < 1.29 is 4.79 Å². The van der Waals surface area contributed by atoms with Crippen LogP contribution in [0.25, 0.3) is 0 Å². The molecule has 0 aliphatic carbocycles. The van der Waals surface area contributed by atoms with Crippen molar-refractivity contribution in [3.05, 3.63) is 82.2 Å². The summed E-state index contributed by atoms with van der Waals surface area (Å²) in [5.41, 5.74) is 3.41. The van der Waals surface area contributed by atoms with E-state index in [2.05, 4.69) is 36.5 Å². The Morgan fingerprint density at radius 2 is 1.92 bits per heavy atom. The smallest absolute Gasteiger partial charge is 0.270 e. The molecular formula is C19H17BrN4O. The molecule has 0 aliphatic rings. The molecule has 3 rings (SSSR count). The Labute approximate surface area is 154 Å². The molecule has 1 heterocycles. The highest BCUT2D eigenvalue weighted by Gasteiger charge is 2.09. The molecule has 25 heavy (non-hydrogen) atoms. The lowest BCUT2D eigenvalue weighted by atomic mass is 10.1. The Kier molecular flexibility index (Phi) is 5.40. The zero-order chi connectivity index (χ0) is 17.6. The van der Waals surface area contributed by atoms with Crippen LogP contribution in [-0.4, -0.2) is 15.9 Å². The van der Waals surface area contributed by atoms with Gasteiger partial charge in [-0.05, 0) is 30.7 Å². The van der Waals surface area contributed by atoms with E-state index in [4.69, 9.17) is 0 Å². The van der Waals surface area contributed by atoms with Crippen LogP contribution >= 0.6 is 15.9 Å². The second kappa shape index (κ2) is 7.90. The van der Waals surface area contributed by atoms with Gasteiger partial charge < -0.3 is 10.6 Å². The van der Waals surface area contributed by atoms with Gasteiger partial charge >= 0.3 is 0 Å². The molecule has 0 saturated carbocycles. The Morgan fingerprint density at radius 1 is 1.08 bits per heavy atom. The number of anilines is 2. The van der Waals surface area contributed by atoms with Crippen molar-refractivity contribution in [3.63, 3.8) is 0 Å². The number of amides is 1. The molecule has 1 amide bonds. The minimum atomic E-state index is -0.235. The van der Waals surface area contributed by atoms with Crippen molar-refractivity contribution in [1.82, 2.24) is 15.3 Å². The van der Waals surface area contributed by atoms with Crippen LogP contribution in [-0.2, 0) is 6.54 Å². The SMILES string of the molecule is Cc1cccc(CNC(=O)c2cc(Nc3cccc(Br)c3)ncn2)c1. The first-order chi connectivity index (χ1) is 12.1. The summed E-state index contributed by atoms with van der Waals surface area (Å²) in [5, 5.41) is 6.04. The van der Waals surface area contributed by atoms with Crippen molar-refractivity contribution in [2.45, 2.75) is 13.5 Å². The van der Waals surface area contributed by atoms with Crippen LogP contribution in [0.1, 0.15) is 21.6 Å². The van der Waals surface area contributed by atoms with E-state index in [-0.39, 0.29) is 5.91 Å². The zero-order valence-electron chi connectivity index (χ0n) is 13.7. The number of aryl methyl sites for hydroxylation is 1. The van der Waals surface area contributed by atoms with E-state index in [1.165, 1.54) is 6.33 Å². The topological polar surface area (TPSA) is 66.9 Å². The Morgan fingerprint density at radius 3 is 2.72 bits per heavy atom. The summed E-state index contributed by atoms with van der Waals surface area (Å²) in [5.74, 6) is 0.329. The number of nitrogens with zero attached hydrogens (tertiary/aromatic N) is 2. The summed E-state index contributed by atoms with van der Waals surface area (Å²) in [6, 6.07) is 17.4. The molecule has 126 valence electrons. The van der Waals surface area contributed by atoms with E-state index in [0.717, 1.165) is 21.3 Å². The third-order valence-electron chi connectivity index (χ3n) is 3.53. The molecule has 5 nitrogen and oxygen atoms in total. The average molecular weight is 397 g/mol. The maximum absolute atomic E-state index is 12.3. The summed E-state index contributed by atoms with van der Waals surface area (Å²) >= 11 is 3.42. The molecule has 0 unspecified atom stereocenters. The van der Waals surface area contributed by atoms with Crippen LogP contribution in [0.4, 0.5) is 11.5 Å². The van der Waals surface area contributed by atoms with E-state index >= 15 is 0 Å². The number of aromatic nitrogens is 2. The predicted octanol–water partition coefficient (Wildman–Crippen LogP) is 4.22. The third kappa shape index (κ3) is 4.87. The van der Waals surface area contributed by atoms with Crippen LogP contribution in [0.3, 0.4) is 0 Å². The van der Waals surface area contributed by atoms with Crippen LogP contribution in [0, 0.1) is 6.92 Å². The number of nitrogens with one attached hydrogen (secondary N) is 2. The van der Waals surface area contributed by atoms with Crippen LogP contribution < -0.4 is 10.6 Å². The van der Waals surface area contributed by atoms with Gasteiger partial charge in [0.25, 0.3) is 5.91 Å². The van der Waals surface area contributed by atoms with E-state index in [1.807, 2.05) is 55.5 Å². The van der Waals surface area contributed by atoms with Crippen LogP contribution in [0.15, 0.2) is 65.4 Å². The number of hydrogen-bond acceptors (Lipinski definition) is 4. The zero-order valence-corrected chi connectivity index (χ0v) is 15.2. The van der Waals surface area contributed by atoms with E-state index in [1.54, 1.807) is 6.07 Å². The van der Waals surface area contributed by atoms with Gasteiger partial charge in [0.2, 0.25) is 0 Å². The van der Waals surface area contributed by atoms with E-state index in [0.29, 0.717) is 18.1 Å². The minimum absolute atomic E-state index is 0.235. The molecule has 0 saturated heterocycles. The van der Waals surface area contributed by atoms with Gasteiger partial charge in [-0.25, -0.2) is 9.97 Å². The fraction of sp³-hybridized carbons (Fsp3) is 0.105. The molecule has 2 N–H and O–H groups in total. The predicted molar refractivity (Wildman–Crippen MR) is 102 cm³/mol. The monoisotopic (exact) mass is 396 g/mol. The summed E-state index contributed by atoms with van der Waals surface area (Å²) < 4.78 is 0.961. The minimum Gasteiger partial charge on any atom is -0.347 e. The van der Waals surface area contributed by atoms with Crippen molar-refractivity contribution in [2.24, 2.45) is 0 Å². The van der Waals surface area contributed by atoms with Crippen molar-refractivity contribution in [2.75, 3.05) is 5.32 Å². The van der Waals surface area contributed by atoms with E-state index in [9.17, 15) is 4.79 Å². The maximum Gasteiger partial charge on any atom is 0.270 e. The number of hydrogen-bond donors (Lipinski definition) is 2. The van der Waals surface area contributed by atoms with Gasteiger partial charge in [0, 0.05) is 22.8 Å². The van der Waals surface area contributed by atoms with Gasteiger partial charge in [0.15, 0.2) is 0 Å². The van der Waals surface area contributed by atoms with Gasteiger partial charge in [-0.1, -0.05) is 51.8 Å². The number of halogens is 1.